The Bertz CT molecular complexity index is 1150. The molecular formula is C23H20ClN3O2S. The summed E-state index contributed by atoms with van der Waals surface area (Å²) < 4.78 is 0. The van der Waals surface area contributed by atoms with Gasteiger partial charge in [0.2, 0.25) is 0 Å². The predicted octanol–water partition coefficient (Wildman–Crippen LogP) is 4.50. The Morgan fingerprint density at radius 1 is 1.10 bits per heavy atom. The quantitative estimate of drug-likeness (QED) is 0.514. The number of anilines is 1. The summed E-state index contributed by atoms with van der Waals surface area (Å²) in [6, 6.07) is 18.2. The zero-order chi connectivity index (χ0) is 21.3. The van der Waals surface area contributed by atoms with Crippen molar-refractivity contribution in [1.82, 2.24) is 4.90 Å². The molecule has 1 heterocycles. The average molecular weight is 438 g/mol. The maximum absolute atomic E-state index is 13.1. The molecule has 152 valence electrons. The molecule has 0 radical (unpaired) electrons. The van der Waals surface area contributed by atoms with Crippen LogP contribution in [-0.2, 0) is 19.6 Å². The van der Waals surface area contributed by atoms with Crippen LogP contribution in [0.4, 0.5) is 5.69 Å². The predicted molar refractivity (Wildman–Crippen MR) is 121 cm³/mol. The van der Waals surface area contributed by atoms with Crippen LogP contribution in [0.15, 0.2) is 65.6 Å². The number of nitrogens with zero attached hydrogens (tertiary/aromatic N) is 1. The molecule has 0 saturated carbocycles. The fourth-order valence-electron chi connectivity index (χ4n) is 3.61. The first-order valence-electron chi connectivity index (χ1n) is 9.45. The second-order valence-electron chi connectivity index (χ2n) is 7.14. The van der Waals surface area contributed by atoms with Crippen molar-refractivity contribution in [1.29, 1.82) is 0 Å². The molecule has 3 aromatic carbocycles. The molecule has 4 rings (SSSR count). The number of rotatable bonds is 5. The second kappa shape index (κ2) is 8.52. The SMILES string of the molecule is NCc1cccc(CN2Cc3cccc(NC(=O)c4cc(Cl)ccc4S)c3C2=O)c1. The highest BCUT2D eigenvalue weighted by molar-refractivity contribution is 7.80. The van der Waals surface area contributed by atoms with E-state index < -0.39 is 0 Å². The Hall–Kier alpha value is -2.80. The van der Waals surface area contributed by atoms with Crippen molar-refractivity contribution in [2.24, 2.45) is 5.73 Å². The smallest absolute Gasteiger partial charge is 0.256 e. The Labute approximate surface area is 185 Å². The molecule has 5 nitrogen and oxygen atoms in total. The standard InChI is InChI=1S/C23H20ClN3O2S/c24-17-7-8-20(30)18(10-17)22(28)26-19-6-2-5-16-13-27(23(29)21(16)19)12-15-4-1-3-14(9-15)11-25/h1-10,30H,11-13,25H2,(H,26,28). The van der Waals surface area contributed by atoms with Gasteiger partial charge in [-0.15, -0.1) is 12.6 Å². The highest BCUT2D eigenvalue weighted by Gasteiger charge is 2.30. The van der Waals surface area contributed by atoms with Gasteiger partial charge in [-0.3, -0.25) is 9.59 Å². The van der Waals surface area contributed by atoms with Crippen molar-refractivity contribution >= 4 is 41.7 Å². The minimum absolute atomic E-state index is 0.115. The number of carbonyl (C=O) groups is 2. The lowest BCUT2D eigenvalue weighted by Crippen LogP contribution is -2.24. The van der Waals surface area contributed by atoms with Crippen LogP contribution in [0.3, 0.4) is 0 Å². The Morgan fingerprint density at radius 3 is 2.67 bits per heavy atom. The lowest BCUT2D eigenvalue weighted by Gasteiger charge is -2.16. The number of hydrogen-bond acceptors (Lipinski definition) is 4. The third-order valence-corrected chi connectivity index (χ3v) is 5.69. The second-order valence-corrected chi connectivity index (χ2v) is 8.06. The van der Waals surface area contributed by atoms with Crippen molar-refractivity contribution < 1.29 is 9.59 Å². The molecule has 1 aliphatic heterocycles. The lowest BCUT2D eigenvalue weighted by molar-refractivity contribution is 0.0767. The Kier molecular flexibility index (Phi) is 5.81. The van der Waals surface area contributed by atoms with Crippen molar-refractivity contribution in [3.63, 3.8) is 0 Å². The van der Waals surface area contributed by atoms with Crippen molar-refractivity contribution in [2.45, 2.75) is 24.5 Å². The van der Waals surface area contributed by atoms with Crippen molar-refractivity contribution in [3.05, 3.63) is 93.5 Å². The molecule has 2 amide bonds. The summed E-state index contributed by atoms with van der Waals surface area (Å²) in [5, 5.41) is 3.29. The summed E-state index contributed by atoms with van der Waals surface area (Å²) in [7, 11) is 0. The van der Waals surface area contributed by atoms with Crippen LogP contribution in [0.25, 0.3) is 0 Å². The molecule has 0 aromatic heterocycles. The van der Waals surface area contributed by atoms with Crippen LogP contribution in [0.2, 0.25) is 5.02 Å². The zero-order valence-electron chi connectivity index (χ0n) is 16.1. The summed E-state index contributed by atoms with van der Waals surface area (Å²) >= 11 is 10.3. The minimum atomic E-state index is -0.363. The number of carbonyl (C=O) groups excluding carboxylic acids is 2. The van der Waals surface area contributed by atoms with E-state index in [9.17, 15) is 9.59 Å². The number of benzene rings is 3. The molecule has 0 spiro atoms. The number of fused-ring (bicyclic) bond motifs is 1. The first-order chi connectivity index (χ1) is 14.5. The molecule has 3 aromatic rings. The summed E-state index contributed by atoms with van der Waals surface area (Å²) in [4.78, 5) is 28.2. The van der Waals surface area contributed by atoms with Gasteiger partial charge in [0.1, 0.15) is 0 Å². The van der Waals surface area contributed by atoms with E-state index in [1.165, 1.54) is 0 Å². The number of amides is 2. The first-order valence-corrected chi connectivity index (χ1v) is 10.3. The maximum atomic E-state index is 13.1. The summed E-state index contributed by atoms with van der Waals surface area (Å²) in [6.45, 7) is 1.42. The molecule has 0 unspecified atom stereocenters. The van der Waals surface area contributed by atoms with E-state index in [2.05, 4.69) is 17.9 Å². The summed E-state index contributed by atoms with van der Waals surface area (Å²) in [6.07, 6.45) is 0. The highest BCUT2D eigenvalue weighted by atomic mass is 35.5. The third kappa shape index (κ3) is 4.07. The largest absolute Gasteiger partial charge is 0.330 e. The number of nitrogens with one attached hydrogen (secondary N) is 1. The molecule has 3 N–H and O–H groups in total. The van der Waals surface area contributed by atoms with Gasteiger partial charge in [-0.2, -0.15) is 0 Å². The highest BCUT2D eigenvalue weighted by Crippen LogP contribution is 2.31. The van der Waals surface area contributed by atoms with E-state index in [-0.39, 0.29) is 11.8 Å². The van der Waals surface area contributed by atoms with Gasteiger partial charge < -0.3 is 16.0 Å². The van der Waals surface area contributed by atoms with Crippen LogP contribution in [0, 0.1) is 0 Å². The van der Waals surface area contributed by atoms with Gasteiger partial charge in [-0.1, -0.05) is 48.0 Å². The molecular weight excluding hydrogens is 418 g/mol. The van der Waals surface area contributed by atoms with Gasteiger partial charge >= 0.3 is 0 Å². The number of halogens is 1. The Balaban J connectivity index is 1.57. The zero-order valence-corrected chi connectivity index (χ0v) is 17.7. The van der Waals surface area contributed by atoms with Crippen LogP contribution >= 0.6 is 24.2 Å². The summed E-state index contributed by atoms with van der Waals surface area (Å²) in [5.74, 6) is -0.478. The molecule has 1 aliphatic rings. The number of hydrogen-bond donors (Lipinski definition) is 3. The molecule has 7 heteroatoms. The van der Waals surface area contributed by atoms with Gasteiger partial charge in [0.15, 0.2) is 0 Å². The molecule has 0 atom stereocenters. The first kappa shape index (κ1) is 20.5. The van der Waals surface area contributed by atoms with E-state index in [1.807, 2.05) is 36.4 Å². The lowest BCUT2D eigenvalue weighted by atomic mass is 10.1. The van der Waals surface area contributed by atoms with Crippen molar-refractivity contribution in [3.8, 4) is 0 Å². The van der Waals surface area contributed by atoms with Crippen molar-refractivity contribution in [2.75, 3.05) is 5.32 Å². The van der Waals surface area contributed by atoms with E-state index in [0.717, 1.165) is 16.7 Å². The van der Waals surface area contributed by atoms with Gasteiger partial charge in [0, 0.05) is 29.6 Å². The molecule has 0 aliphatic carbocycles. The van der Waals surface area contributed by atoms with Gasteiger partial charge in [0.05, 0.1) is 16.8 Å². The fraction of sp³-hybridized carbons (Fsp3) is 0.130. The molecule has 30 heavy (non-hydrogen) atoms. The molecule has 0 fully saturated rings. The monoisotopic (exact) mass is 437 g/mol. The van der Waals surface area contributed by atoms with E-state index >= 15 is 0 Å². The number of thiol groups is 1. The summed E-state index contributed by atoms with van der Waals surface area (Å²) in [5.41, 5.74) is 9.99. The maximum Gasteiger partial charge on any atom is 0.256 e. The van der Waals surface area contributed by atoms with Crippen LogP contribution in [0.1, 0.15) is 37.4 Å². The average Bonchev–Trinajstić information content (AvgIpc) is 3.06. The number of nitrogens with two attached hydrogens (primary N) is 1. The normalized spacial score (nSPS) is 12.8. The molecule has 0 bridgehead atoms. The minimum Gasteiger partial charge on any atom is -0.330 e. The van der Waals surface area contributed by atoms with Crippen LogP contribution in [-0.4, -0.2) is 16.7 Å². The van der Waals surface area contributed by atoms with E-state index in [1.54, 1.807) is 29.2 Å². The van der Waals surface area contributed by atoms with Gasteiger partial charge in [-0.25, -0.2) is 0 Å². The van der Waals surface area contributed by atoms with E-state index in [0.29, 0.717) is 46.4 Å². The third-order valence-electron chi connectivity index (χ3n) is 5.06. The molecule has 0 saturated heterocycles. The Morgan fingerprint density at radius 2 is 1.87 bits per heavy atom. The van der Waals surface area contributed by atoms with E-state index in [4.69, 9.17) is 17.3 Å². The van der Waals surface area contributed by atoms with Crippen LogP contribution < -0.4 is 11.1 Å². The fourth-order valence-corrected chi connectivity index (χ4v) is 4.02. The topological polar surface area (TPSA) is 75.4 Å². The van der Waals surface area contributed by atoms with Gasteiger partial charge in [-0.05, 0) is 41.0 Å². The van der Waals surface area contributed by atoms with Gasteiger partial charge in [0.25, 0.3) is 11.8 Å². The van der Waals surface area contributed by atoms with Crippen LogP contribution in [0.5, 0.6) is 0 Å².